The van der Waals surface area contributed by atoms with Crippen LogP contribution in [0.5, 0.6) is 0 Å². The lowest BCUT2D eigenvalue weighted by molar-refractivity contribution is 0.0511. The number of nitrogens with zero attached hydrogens (tertiary/aromatic N) is 1. The van der Waals surface area contributed by atoms with Gasteiger partial charge in [0, 0.05) is 0 Å². The van der Waals surface area contributed by atoms with Crippen molar-refractivity contribution in [2.75, 3.05) is 6.61 Å². The molecule has 0 unspecified atom stereocenters. The largest absolute Gasteiger partial charge is 0.461 e. The van der Waals surface area contributed by atoms with Gasteiger partial charge in [-0.3, -0.25) is 0 Å². The Kier molecular flexibility index (Phi) is 4.74. The standard InChI is InChI=1S/C10H9ClF3NO2/c1-2-17-10(16)8-7(12)6(9(13)14)3-5(4-11)15-8/h3,9H,2,4H2,1H3. The van der Waals surface area contributed by atoms with Crippen LogP contribution in [0.1, 0.15) is 35.1 Å². The molecule has 1 aromatic rings. The van der Waals surface area contributed by atoms with E-state index in [1.165, 1.54) is 6.92 Å². The van der Waals surface area contributed by atoms with Gasteiger partial charge in [0.25, 0.3) is 6.43 Å². The number of hydrogen-bond donors (Lipinski definition) is 0. The molecule has 1 rings (SSSR count). The monoisotopic (exact) mass is 267 g/mol. The summed E-state index contributed by atoms with van der Waals surface area (Å²) in [6, 6.07) is 0.829. The third kappa shape index (κ3) is 3.09. The lowest BCUT2D eigenvalue weighted by atomic mass is 10.2. The number of ether oxygens (including phenoxy) is 1. The molecular formula is C10H9ClF3NO2. The summed E-state index contributed by atoms with van der Waals surface area (Å²) in [6.45, 7) is 1.50. The van der Waals surface area contributed by atoms with Crippen molar-refractivity contribution in [3.8, 4) is 0 Å². The second kappa shape index (κ2) is 5.86. The van der Waals surface area contributed by atoms with Gasteiger partial charge in [0.05, 0.1) is 23.7 Å². The number of pyridine rings is 1. The highest BCUT2D eigenvalue weighted by Crippen LogP contribution is 2.25. The first-order chi connectivity index (χ1) is 8.01. The van der Waals surface area contributed by atoms with Gasteiger partial charge in [-0.25, -0.2) is 22.9 Å². The van der Waals surface area contributed by atoms with E-state index >= 15 is 0 Å². The summed E-state index contributed by atoms with van der Waals surface area (Å²) >= 11 is 5.43. The zero-order chi connectivity index (χ0) is 13.0. The third-order valence-electron chi connectivity index (χ3n) is 1.88. The van der Waals surface area contributed by atoms with Crippen LogP contribution < -0.4 is 0 Å². The smallest absolute Gasteiger partial charge is 0.360 e. The average Bonchev–Trinajstić information content (AvgIpc) is 2.29. The Morgan fingerprint density at radius 1 is 1.59 bits per heavy atom. The fourth-order valence-electron chi connectivity index (χ4n) is 1.17. The minimum Gasteiger partial charge on any atom is -0.461 e. The van der Waals surface area contributed by atoms with Crippen molar-refractivity contribution in [3.63, 3.8) is 0 Å². The van der Waals surface area contributed by atoms with Gasteiger partial charge >= 0.3 is 5.97 Å². The maximum atomic E-state index is 13.5. The predicted molar refractivity (Wildman–Crippen MR) is 54.7 cm³/mol. The number of alkyl halides is 3. The van der Waals surface area contributed by atoms with Crippen molar-refractivity contribution >= 4 is 17.6 Å². The molecule has 1 aromatic heterocycles. The predicted octanol–water partition coefficient (Wildman–Crippen LogP) is 3.07. The van der Waals surface area contributed by atoms with Crippen molar-refractivity contribution in [1.29, 1.82) is 0 Å². The van der Waals surface area contributed by atoms with Gasteiger partial charge in [-0.15, -0.1) is 11.6 Å². The highest BCUT2D eigenvalue weighted by Gasteiger charge is 2.24. The van der Waals surface area contributed by atoms with Crippen LogP contribution in [0.4, 0.5) is 13.2 Å². The van der Waals surface area contributed by atoms with E-state index in [1.54, 1.807) is 0 Å². The number of aromatic nitrogens is 1. The molecule has 7 heteroatoms. The molecule has 0 spiro atoms. The van der Waals surface area contributed by atoms with Crippen molar-refractivity contribution in [1.82, 2.24) is 4.98 Å². The Morgan fingerprint density at radius 3 is 2.71 bits per heavy atom. The fraction of sp³-hybridized carbons (Fsp3) is 0.400. The summed E-state index contributed by atoms with van der Waals surface area (Å²) in [4.78, 5) is 14.8. The molecule has 0 atom stereocenters. The number of rotatable bonds is 4. The van der Waals surface area contributed by atoms with Crippen molar-refractivity contribution in [2.24, 2.45) is 0 Å². The molecule has 0 saturated heterocycles. The van der Waals surface area contributed by atoms with Gasteiger partial charge in [0.2, 0.25) is 0 Å². The quantitative estimate of drug-likeness (QED) is 0.622. The maximum Gasteiger partial charge on any atom is 0.360 e. The van der Waals surface area contributed by atoms with Gasteiger partial charge in [-0.05, 0) is 13.0 Å². The SMILES string of the molecule is CCOC(=O)c1nc(CCl)cc(C(F)F)c1F. The van der Waals surface area contributed by atoms with Crippen LogP contribution in [0.2, 0.25) is 0 Å². The lowest BCUT2D eigenvalue weighted by Crippen LogP contribution is -2.13. The van der Waals surface area contributed by atoms with Gasteiger partial charge in [-0.1, -0.05) is 0 Å². The summed E-state index contributed by atoms with van der Waals surface area (Å²) in [5.74, 6) is -2.65. The molecule has 0 aliphatic heterocycles. The van der Waals surface area contributed by atoms with E-state index in [1.807, 2.05) is 0 Å². The number of hydrogen-bond acceptors (Lipinski definition) is 3. The highest BCUT2D eigenvalue weighted by molar-refractivity contribution is 6.16. The van der Waals surface area contributed by atoms with Crippen LogP contribution in [0.3, 0.4) is 0 Å². The van der Waals surface area contributed by atoms with Crippen LogP contribution in [-0.4, -0.2) is 17.6 Å². The summed E-state index contributed by atoms with van der Waals surface area (Å²) < 4.78 is 43.1. The van der Waals surface area contributed by atoms with Crippen molar-refractivity contribution in [3.05, 3.63) is 28.8 Å². The molecule has 0 bridgehead atoms. The first-order valence-corrected chi connectivity index (χ1v) is 5.25. The summed E-state index contributed by atoms with van der Waals surface area (Å²) in [7, 11) is 0. The fourth-order valence-corrected chi connectivity index (χ4v) is 1.30. The third-order valence-corrected chi connectivity index (χ3v) is 2.15. The van der Waals surface area contributed by atoms with E-state index < -0.39 is 29.5 Å². The van der Waals surface area contributed by atoms with Crippen LogP contribution in [0.25, 0.3) is 0 Å². The lowest BCUT2D eigenvalue weighted by Gasteiger charge is -2.08. The molecule has 94 valence electrons. The maximum absolute atomic E-state index is 13.5. The molecule has 0 aliphatic rings. The second-order valence-corrected chi connectivity index (χ2v) is 3.29. The first-order valence-electron chi connectivity index (χ1n) is 4.71. The molecule has 0 radical (unpaired) electrons. The second-order valence-electron chi connectivity index (χ2n) is 3.02. The van der Waals surface area contributed by atoms with Gasteiger partial charge < -0.3 is 4.74 Å². The molecule has 1 heterocycles. The minimum absolute atomic E-state index is 0.00489. The molecule has 0 saturated carbocycles. The summed E-state index contributed by atoms with van der Waals surface area (Å²) in [5.41, 5.74) is -1.68. The Morgan fingerprint density at radius 2 is 2.24 bits per heavy atom. The zero-order valence-corrected chi connectivity index (χ0v) is 9.60. The van der Waals surface area contributed by atoms with Crippen LogP contribution >= 0.6 is 11.6 Å². The van der Waals surface area contributed by atoms with E-state index in [0.29, 0.717) is 0 Å². The minimum atomic E-state index is -3.05. The van der Waals surface area contributed by atoms with Crippen LogP contribution in [-0.2, 0) is 10.6 Å². The van der Waals surface area contributed by atoms with E-state index in [2.05, 4.69) is 9.72 Å². The number of carbonyl (C=O) groups excluding carboxylic acids is 1. The summed E-state index contributed by atoms with van der Waals surface area (Å²) in [5, 5.41) is 0. The number of carbonyl (C=O) groups is 1. The Hall–Kier alpha value is -1.30. The first kappa shape index (κ1) is 13.8. The van der Waals surface area contributed by atoms with Crippen molar-refractivity contribution < 1.29 is 22.7 Å². The normalized spacial score (nSPS) is 10.7. The van der Waals surface area contributed by atoms with Crippen LogP contribution in [0.15, 0.2) is 6.07 Å². The zero-order valence-electron chi connectivity index (χ0n) is 8.84. The molecule has 0 amide bonds. The van der Waals surface area contributed by atoms with Gasteiger partial charge in [-0.2, -0.15) is 0 Å². The van der Waals surface area contributed by atoms with Gasteiger partial charge in [0.15, 0.2) is 11.5 Å². The molecule has 0 fully saturated rings. The molecule has 0 N–H and O–H groups in total. The van der Waals surface area contributed by atoms with Crippen LogP contribution in [0, 0.1) is 5.82 Å². The Balaban J connectivity index is 3.28. The highest BCUT2D eigenvalue weighted by atomic mass is 35.5. The Bertz CT molecular complexity index is 426. The number of halogens is 4. The molecule has 0 aromatic carbocycles. The van der Waals surface area contributed by atoms with E-state index in [4.69, 9.17) is 11.6 Å². The molecule has 0 aliphatic carbocycles. The molecule has 17 heavy (non-hydrogen) atoms. The van der Waals surface area contributed by atoms with E-state index in [-0.39, 0.29) is 18.2 Å². The molecule has 3 nitrogen and oxygen atoms in total. The topological polar surface area (TPSA) is 39.2 Å². The molecular weight excluding hydrogens is 259 g/mol. The average molecular weight is 268 g/mol. The Labute approximate surface area is 101 Å². The van der Waals surface area contributed by atoms with Crippen molar-refractivity contribution in [2.45, 2.75) is 19.2 Å². The van der Waals surface area contributed by atoms with E-state index in [0.717, 1.165) is 6.07 Å². The van der Waals surface area contributed by atoms with Gasteiger partial charge in [0.1, 0.15) is 0 Å². The number of esters is 1. The summed E-state index contributed by atoms with van der Waals surface area (Å²) in [6.07, 6.45) is -3.05. The van der Waals surface area contributed by atoms with E-state index in [9.17, 15) is 18.0 Å².